The number of carbonyl (C=O) groups is 1. The molecule has 1 aliphatic heterocycles. The summed E-state index contributed by atoms with van der Waals surface area (Å²) in [6, 6.07) is 6.23. The molecule has 0 bridgehead atoms. The van der Waals surface area contributed by atoms with E-state index >= 15 is 0 Å². The molecule has 92 valence electrons. The Bertz CT molecular complexity index is 385. The van der Waals surface area contributed by atoms with Gasteiger partial charge in [-0.1, -0.05) is 12.1 Å². The maximum Gasteiger partial charge on any atom is 0.239 e. The molecule has 1 aromatic carbocycles. The number of phenolic OH excluding ortho intramolecular Hbond substituents is 1. The molecule has 1 aliphatic rings. The molecule has 4 N–H and O–H groups in total. The number of nitrogens with zero attached hydrogens (tertiary/aromatic N) is 1. The van der Waals surface area contributed by atoms with E-state index in [-0.39, 0.29) is 11.7 Å². The molecule has 0 aliphatic carbocycles. The Kier molecular flexibility index (Phi) is 3.61. The molecule has 0 spiro atoms. The summed E-state index contributed by atoms with van der Waals surface area (Å²) >= 11 is 0. The highest BCUT2D eigenvalue weighted by atomic mass is 16.3. The van der Waals surface area contributed by atoms with Crippen molar-refractivity contribution in [1.82, 2.24) is 10.2 Å². The monoisotopic (exact) mass is 235 g/mol. The van der Waals surface area contributed by atoms with E-state index in [1.165, 1.54) is 0 Å². The molecule has 1 aromatic rings. The van der Waals surface area contributed by atoms with Gasteiger partial charge in [-0.2, -0.15) is 0 Å². The lowest BCUT2D eigenvalue weighted by Crippen LogP contribution is -2.48. The number of hydrogen-bond acceptors (Lipinski definition) is 4. The van der Waals surface area contributed by atoms with Gasteiger partial charge in [0, 0.05) is 26.2 Å². The number of rotatable bonds is 3. The molecular weight excluding hydrogens is 218 g/mol. The number of hydrogen-bond donors (Lipinski definition) is 3. The van der Waals surface area contributed by atoms with Gasteiger partial charge in [0.1, 0.15) is 11.8 Å². The second-order valence-electron chi connectivity index (χ2n) is 4.18. The number of benzene rings is 1. The van der Waals surface area contributed by atoms with E-state index in [1.807, 2.05) is 0 Å². The van der Waals surface area contributed by atoms with Crippen molar-refractivity contribution in [3.05, 3.63) is 29.8 Å². The third-order valence-corrected chi connectivity index (χ3v) is 3.00. The molecule has 0 aromatic heterocycles. The zero-order valence-electron chi connectivity index (χ0n) is 9.60. The first-order chi connectivity index (χ1) is 8.18. The van der Waals surface area contributed by atoms with E-state index in [2.05, 4.69) is 10.2 Å². The van der Waals surface area contributed by atoms with Crippen LogP contribution in [-0.2, 0) is 4.79 Å². The fourth-order valence-corrected chi connectivity index (χ4v) is 2.15. The third kappa shape index (κ3) is 2.75. The fraction of sp³-hybridized carbons (Fsp3) is 0.417. The highest BCUT2D eigenvalue weighted by Gasteiger charge is 2.26. The normalized spacial score (nSPS) is 18.8. The van der Waals surface area contributed by atoms with Crippen LogP contribution in [0.4, 0.5) is 0 Å². The highest BCUT2D eigenvalue weighted by Crippen LogP contribution is 2.22. The Hall–Kier alpha value is -1.59. The molecular formula is C12H17N3O2. The zero-order valence-corrected chi connectivity index (χ0v) is 9.60. The number of primary amides is 1. The zero-order chi connectivity index (χ0) is 12.3. The number of phenols is 1. The summed E-state index contributed by atoms with van der Waals surface area (Å²) in [4.78, 5) is 13.6. The lowest BCUT2D eigenvalue weighted by atomic mass is 10.0. The second kappa shape index (κ2) is 5.16. The van der Waals surface area contributed by atoms with Crippen LogP contribution >= 0.6 is 0 Å². The minimum Gasteiger partial charge on any atom is -0.508 e. The number of aromatic hydroxyl groups is 1. The highest BCUT2D eigenvalue weighted by molar-refractivity contribution is 5.81. The van der Waals surface area contributed by atoms with Crippen molar-refractivity contribution in [2.24, 2.45) is 5.73 Å². The second-order valence-corrected chi connectivity index (χ2v) is 4.18. The van der Waals surface area contributed by atoms with E-state index < -0.39 is 6.04 Å². The molecule has 1 unspecified atom stereocenters. The molecule has 1 fully saturated rings. The van der Waals surface area contributed by atoms with Gasteiger partial charge in [-0.3, -0.25) is 9.69 Å². The minimum absolute atomic E-state index is 0.192. The maximum atomic E-state index is 11.6. The third-order valence-electron chi connectivity index (χ3n) is 3.00. The Morgan fingerprint density at radius 1 is 1.29 bits per heavy atom. The lowest BCUT2D eigenvalue weighted by Gasteiger charge is -2.33. The number of carbonyl (C=O) groups excluding carboxylic acids is 1. The van der Waals surface area contributed by atoms with E-state index in [9.17, 15) is 9.90 Å². The van der Waals surface area contributed by atoms with Gasteiger partial charge >= 0.3 is 0 Å². The number of amides is 1. The summed E-state index contributed by atoms with van der Waals surface area (Å²) in [5.74, 6) is -0.158. The van der Waals surface area contributed by atoms with Crippen LogP contribution < -0.4 is 11.1 Å². The Morgan fingerprint density at radius 3 is 2.41 bits per heavy atom. The summed E-state index contributed by atoms with van der Waals surface area (Å²) in [6.45, 7) is 3.33. The summed E-state index contributed by atoms with van der Waals surface area (Å²) in [5.41, 5.74) is 6.30. The summed E-state index contributed by atoms with van der Waals surface area (Å²) in [5, 5.41) is 12.5. The van der Waals surface area contributed by atoms with Crippen molar-refractivity contribution in [3.8, 4) is 5.75 Å². The maximum absolute atomic E-state index is 11.6. The molecule has 0 radical (unpaired) electrons. The average molecular weight is 235 g/mol. The molecule has 5 nitrogen and oxygen atoms in total. The molecule has 1 heterocycles. The van der Waals surface area contributed by atoms with Crippen molar-refractivity contribution >= 4 is 5.91 Å². The molecule has 1 atom stereocenters. The fourth-order valence-electron chi connectivity index (χ4n) is 2.15. The van der Waals surface area contributed by atoms with Crippen molar-refractivity contribution in [1.29, 1.82) is 0 Å². The molecule has 2 rings (SSSR count). The number of nitrogens with one attached hydrogen (secondary N) is 1. The van der Waals surface area contributed by atoms with Gasteiger partial charge in [0.2, 0.25) is 5.91 Å². The van der Waals surface area contributed by atoms with Crippen LogP contribution in [0.15, 0.2) is 24.3 Å². The summed E-state index contributed by atoms with van der Waals surface area (Å²) < 4.78 is 0. The molecule has 5 heteroatoms. The minimum atomic E-state index is -0.405. The van der Waals surface area contributed by atoms with Gasteiger partial charge in [-0.15, -0.1) is 0 Å². The van der Waals surface area contributed by atoms with Crippen LogP contribution in [-0.4, -0.2) is 42.1 Å². The largest absolute Gasteiger partial charge is 0.508 e. The number of piperazine rings is 1. The average Bonchev–Trinajstić information content (AvgIpc) is 2.33. The van der Waals surface area contributed by atoms with Gasteiger partial charge in [0.05, 0.1) is 0 Å². The van der Waals surface area contributed by atoms with Gasteiger partial charge in [0.25, 0.3) is 0 Å². The first kappa shape index (κ1) is 11.9. The van der Waals surface area contributed by atoms with Crippen LogP contribution in [0.25, 0.3) is 0 Å². The van der Waals surface area contributed by atoms with Crippen molar-refractivity contribution < 1.29 is 9.90 Å². The van der Waals surface area contributed by atoms with E-state index in [0.29, 0.717) is 0 Å². The molecule has 17 heavy (non-hydrogen) atoms. The van der Waals surface area contributed by atoms with E-state index in [1.54, 1.807) is 24.3 Å². The van der Waals surface area contributed by atoms with Gasteiger partial charge < -0.3 is 16.2 Å². The molecule has 0 saturated carbocycles. The van der Waals surface area contributed by atoms with Gasteiger partial charge in [-0.05, 0) is 17.7 Å². The van der Waals surface area contributed by atoms with Crippen molar-refractivity contribution in [3.63, 3.8) is 0 Å². The van der Waals surface area contributed by atoms with Crippen LogP contribution in [0.1, 0.15) is 11.6 Å². The predicted octanol–water partition coefficient (Wildman–Crippen LogP) is -0.176. The van der Waals surface area contributed by atoms with Crippen LogP contribution in [0.2, 0.25) is 0 Å². The van der Waals surface area contributed by atoms with Crippen LogP contribution in [0, 0.1) is 0 Å². The topological polar surface area (TPSA) is 78.6 Å². The van der Waals surface area contributed by atoms with Crippen LogP contribution in [0.5, 0.6) is 5.75 Å². The van der Waals surface area contributed by atoms with Crippen LogP contribution in [0.3, 0.4) is 0 Å². The first-order valence-electron chi connectivity index (χ1n) is 5.71. The summed E-state index contributed by atoms with van der Waals surface area (Å²) in [7, 11) is 0. The van der Waals surface area contributed by atoms with Crippen molar-refractivity contribution in [2.75, 3.05) is 26.2 Å². The molecule has 1 saturated heterocycles. The predicted molar refractivity (Wildman–Crippen MR) is 64.5 cm³/mol. The smallest absolute Gasteiger partial charge is 0.239 e. The first-order valence-corrected chi connectivity index (χ1v) is 5.71. The Balaban J connectivity index is 2.21. The quantitative estimate of drug-likeness (QED) is 0.679. The standard InChI is InChI=1S/C12H17N3O2/c13-12(17)11(15-7-5-14-6-8-15)9-1-3-10(16)4-2-9/h1-4,11,14,16H,5-8H2,(H2,13,17). The Labute approximate surface area is 100 Å². The van der Waals surface area contributed by atoms with Gasteiger partial charge in [-0.25, -0.2) is 0 Å². The molecule has 1 amide bonds. The summed E-state index contributed by atoms with van der Waals surface area (Å²) in [6.07, 6.45) is 0. The lowest BCUT2D eigenvalue weighted by molar-refractivity contribution is -0.123. The van der Waals surface area contributed by atoms with Gasteiger partial charge in [0.15, 0.2) is 0 Å². The SMILES string of the molecule is NC(=O)C(c1ccc(O)cc1)N1CCNCC1. The van der Waals surface area contributed by atoms with Crippen molar-refractivity contribution in [2.45, 2.75) is 6.04 Å². The van der Waals surface area contributed by atoms with E-state index in [0.717, 1.165) is 31.7 Å². The Morgan fingerprint density at radius 2 is 1.88 bits per heavy atom. The van der Waals surface area contributed by atoms with E-state index in [4.69, 9.17) is 5.73 Å². The number of nitrogens with two attached hydrogens (primary N) is 1.